The Bertz CT molecular complexity index is 365. The number of likely N-dealkylation sites (N-methyl/N-ethyl adjacent to an activating group) is 1. The Morgan fingerprint density at radius 3 is 2.33 bits per heavy atom. The van der Waals surface area contributed by atoms with Gasteiger partial charge in [-0.15, -0.1) is 0 Å². The first-order valence-corrected chi connectivity index (χ1v) is 7.74. The van der Waals surface area contributed by atoms with Crippen molar-refractivity contribution in [2.75, 3.05) is 26.7 Å². The summed E-state index contributed by atoms with van der Waals surface area (Å²) in [6, 6.07) is 0. The van der Waals surface area contributed by atoms with E-state index in [-0.39, 0.29) is 30.8 Å². The molecule has 0 aromatic heterocycles. The fraction of sp³-hybridized carbons (Fsp3) is 0.800. The highest BCUT2D eigenvalue weighted by molar-refractivity contribution is 5.87. The normalized spacial score (nSPS) is 15.3. The number of nitrogens with zero attached hydrogens (tertiary/aromatic N) is 1. The topological polar surface area (TPSA) is 78.5 Å². The van der Waals surface area contributed by atoms with Crippen LogP contribution in [0.1, 0.15) is 45.4 Å². The highest BCUT2D eigenvalue weighted by Gasteiger charge is 2.16. The van der Waals surface area contributed by atoms with E-state index in [0.717, 1.165) is 18.9 Å². The Labute approximate surface area is 126 Å². The number of hydrogen-bond donors (Lipinski definition) is 2. The van der Waals surface area contributed by atoms with Gasteiger partial charge in [0.2, 0.25) is 17.7 Å². The number of amides is 3. The molecule has 1 fully saturated rings. The molecule has 0 radical (unpaired) electrons. The van der Waals surface area contributed by atoms with Crippen molar-refractivity contribution < 1.29 is 14.4 Å². The third kappa shape index (κ3) is 7.68. The van der Waals surface area contributed by atoms with Crippen LogP contribution in [0.25, 0.3) is 0 Å². The minimum Gasteiger partial charge on any atom is -0.347 e. The highest BCUT2D eigenvalue weighted by Crippen LogP contribution is 2.26. The molecule has 3 amide bonds. The Hall–Kier alpha value is -1.59. The summed E-state index contributed by atoms with van der Waals surface area (Å²) in [6.45, 7) is 1.98. The first-order chi connectivity index (χ1) is 9.99. The number of nitrogens with one attached hydrogen (secondary N) is 2. The van der Waals surface area contributed by atoms with Crippen molar-refractivity contribution in [2.45, 2.75) is 45.4 Å². The lowest BCUT2D eigenvalue weighted by atomic mass is 9.87. The third-order valence-electron chi connectivity index (χ3n) is 3.96. The molecule has 0 unspecified atom stereocenters. The van der Waals surface area contributed by atoms with E-state index in [1.807, 2.05) is 0 Å². The van der Waals surface area contributed by atoms with Crippen molar-refractivity contribution in [1.29, 1.82) is 0 Å². The largest absolute Gasteiger partial charge is 0.347 e. The SMILES string of the molecule is CC(=O)NCC(=O)NCC(=O)N(C)CCC1CCCCC1. The zero-order valence-corrected chi connectivity index (χ0v) is 13.1. The molecular weight excluding hydrogens is 270 g/mol. The van der Waals surface area contributed by atoms with Gasteiger partial charge in [0.1, 0.15) is 0 Å². The van der Waals surface area contributed by atoms with Gasteiger partial charge >= 0.3 is 0 Å². The molecule has 0 aromatic rings. The quantitative estimate of drug-likeness (QED) is 0.725. The molecule has 0 heterocycles. The summed E-state index contributed by atoms with van der Waals surface area (Å²) >= 11 is 0. The van der Waals surface area contributed by atoms with Crippen LogP contribution >= 0.6 is 0 Å². The summed E-state index contributed by atoms with van der Waals surface area (Å²) < 4.78 is 0. The summed E-state index contributed by atoms with van der Waals surface area (Å²) in [7, 11) is 1.77. The van der Waals surface area contributed by atoms with Crippen molar-refractivity contribution >= 4 is 17.7 Å². The van der Waals surface area contributed by atoms with Crippen LogP contribution in [0.4, 0.5) is 0 Å². The Balaban J connectivity index is 2.15. The van der Waals surface area contributed by atoms with Gasteiger partial charge in [-0.3, -0.25) is 14.4 Å². The number of hydrogen-bond acceptors (Lipinski definition) is 3. The second-order valence-corrected chi connectivity index (χ2v) is 5.79. The van der Waals surface area contributed by atoms with Crippen molar-refractivity contribution in [3.05, 3.63) is 0 Å². The molecule has 1 aliphatic rings. The number of carbonyl (C=O) groups excluding carboxylic acids is 3. The fourth-order valence-electron chi connectivity index (χ4n) is 2.55. The molecule has 6 nitrogen and oxygen atoms in total. The van der Waals surface area contributed by atoms with E-state index in [1.54, 1.807) is 11.9 Å². The molecule has 1 saturated carbocycles. The van der Waals surface area contributed by atoms with E-state index < -0.39 is 0 Å². The van der Waals surface area contributed by atoms with Gasteiger partial charge in [0.05, 0.1) is 13.1 Å². The van der Waals surface area contributed by atoms with Crippen LogP contribution in [-0.4, -0.2) is 49.3 Å². The van der Waals surface area contributed by atoms with Crippen LogP contribution in [0.2, 0.25) is 0 Å². The maximum absolute atomic E-state index is 11.9. The summed E-state index contributed by atoms with van der Waals surface area (Å²) in [6.07, 6.45) is 7.54. The van der Waals surface area contributed by atoms with Crippen LogP contribution in [0.5, 0.6) is 0 Å². The Kier molecular flexibility index (Phi) is 7.79. The van der Waals surface area contributed by atoms with E-state index in [1.165, 1.54) is 39.0 Å². The summed E-state index contributed by atoms with van der Waals surface area (Å²) in [5.41, 5.74) is 0. The zero-order chi connectivity index (χ0) is 15.7. The van der Waals surface area contributed by atoms with E-state index in [9.17, 15) is 14.4 Å². The maximum atomic E-state index is 11.9. The van der Waals surface area contributed by atoms with Crippen LogP contribution in [0, 0.1) is 5.92 Å². The minimum atomic E-state index is -0.348. The van der Waals surface area contributed by atoms with Gasteiger partial charge in [-0.1, -0.05) is 32.1 Å². The van der Waals surface area contributed by atoms with Gasteiger partial charge in [0.15, 0.2) is 0 Å². The first-order valence-electron chi connectivity index (χ1n) is 7.74. The van der Waals surface area contributed by atoms with Crippen molar-refractivity contribution in [3.8, 4) is 0 Å². The molecule has 2 N–H and O–H groups in total. The summed E-state index contributed by atoms with van der Waals surface area (Å²) in [5.74, 6) is 0.0330. The Morgan fingerprint density at radius 2 is 1.71 bits per heavy atom. The molecule has 21 heavy (non-hydrogen) atoms. The van der Waals surface area contributed by atoms with E-state index in [0.29, 0.717) is 0 Å². The molecule has 6 heteroatoms. The van der Waals surface area contributed by atoms with E-state index in [2.05, 4.69) is 10.6 Å². The molecule has 120 valence electrons. The van der Waals surface area contributed by atoms with Crippen molar-refractivity contribution in [2.24, 2.45) is 5.92 Å². The average Bonchev–Trinajstić information content (AvgIpc) is 2.49. The Morgan fingerprint density at radius 1 is 1.05 bits per heavy atom. The lowest BCUT2D eigenvalue weighted by molar-refractivity contribution is -0.132. The molecule has 0 aromatic carbocycles. The molecule has 1 aliphatic carbocycles. The first kappa shape index (κ1) is 17.5. The maximum Gasteiger partial charge on any atom is 0.241 e. The van der Waals surface area contributed by atoms with Crippen molar-refractivity contribution in [3.63, 3.8) is 0 Å². The molecule has 0 spiro atoms. The summed E-state index contributed by atoms with van der Waals surface area (Å²) in [5, 5.41) is 4.90. The molecular formula is C15H27N3O3. The van der Waals surface area contributed by atoms with Gasteiger partial charge in [-0.25, -0.2) is 0 Å². The molecule has 1 rings (SSSR count). The monoisotopic (exact) mass is 297 g/mol. The highest BCUT2D eigenvalue weighted by atomic mass is 16.2. The standard InChI is InChI=1S/C15H27N3O3/c1-12(19)16-10-14(20)17-11-15(21)18(2)9-8-13-6-4-3-5-7-13/h13H,3-11H2,1-2H3,(H,16,19)(H,17,20). The van der Waals surface area contributed by atoms with Gasteiger partial charge < -0.3 is 15.5 Å². The second kappa shape index (κ2) is 9.37. The second-order valence-electron chi connectivity index (χ2n) is 5.79. The molecule has 0 atom stereocenters. The van der Waals surface area contributed by atoms with Gasteiger partial charge in [0.25, 0.3) is 0 Å². The van der Waals surface area contributed by atoms with Gasteiger partial charge in [-0.2, -0.15) is 0 Å². The van der Waals surface area contributed by atoms with Crippen LogP contribution < -0.4 is 10.6 Å². The lowest BCUT2D eigenvalue weighted by Gasteiger charge is -2.24. The predicted molar refractivity (Wildman–Crippen MR) is 80.5 cm³/mol. The predicted octanol–water partition coefficient (Wildman–Crippen LogP) is 0.668. The lowest BCUT2D eigenvalue weighted by Crippen LogP contribution is -2.42. The van der Waals surface area contributed by atoms with Gasteiger partial charge in [0, 0.05) is 20.5 Å². The van der Waals surface area contributed by atoms with Crippen molar-refractivity contribution in [1.82, 2.24) is 15.5 Å². The molecule has 0 aliphatic heterocycles. The zero-order valence-electron chi connectivity index (χ0n) is 13.1. The third-order valence-corrected chi connectivity index (χ3v) is 3.96. The number of carbonyl (C=O) groups is 3. The van der Waals surface area contributed by atoms with E-state index >= 15 is 0 Å². The number of rotatable bonds is 7. The fourth-order valence-corrected chi connectivity index (χ4v) is 2.55. The minimum absolute atomic E-state index is 0.0143. The molecule has 0 saturated heterocycles. The smallest absolute Gasteiger partial charge is 0.241 e. The molecule has 0 bridgehead atoms. The van der Waals surface area contributed by atoms with Crippen LogP contribution in [-0.2, 0) is 14.4 Å². The van der Waals surface area contributed by atoms with Crippen LogP contribution in [0.3, 0.4) is 0 Å². The summed E-state index contributed by atoms with van der Waals surface area (Å²) in [4.78, 5) is 35.6. The average molecular weight is 297 g/mol. The van der Waals surface area contributed by atoms with E-state index in [4.69, 9.17) is 0 Å². The van der Waals surface area contributed by atoms with Crippen LogP contribution in [0.15, 0.2) is 0 Å². The van der Waals surface area contributed by atoms with Gasteiger partial charge in [-0.05, 0) is 12.3 Å².